The molecule has 3 rings (SSSR count). The molecule has 2 aromatic carbocycles. The lowest BCUT2D eigenvalue weighted by molar-refractivity contribution is 0.0758. The van der Waals surface area contributed by atoms with Crippen LogP contribution in [0.3, 0.4) is 0 Å². The highest BCUT2D eigenvalue weighted by Gasteiger charge is 2.25. The fraction of sp³-hybridized carbons (Fsp3) is 0.458. The Labute approximate surface area is 185 Å². The van der Waals surface area contributed by atoms with Crippen molar-refractivity contribution >= 4 is 15.9 Å². The van der Waals surface area contributed by atoms with Crippen LogP contribution in [-0.2, 0) is 10.0 Å². The molecule has 6 nitrogen and oxygen atoms in total. The first-order valence-electron chi connectivity index (χ1n) is 10.8. The predicted molar refractivity (Wildman–Crippen MR) is 122 cm³/mol. The van der Waals surface area contributed by atoms with Gasteiger partial charge in [0, 0.05) is 19.1 Å². The summed E-state index contributed by atoms with van der Waals surface area (Å²) in [5.74, 6) is 0.203. The van der Waals surface area contributed by atoms with Gasteiger partial charge in [0.05, 0.1) is 17.6 Å². The third-order valence-electron chi connectivity index (χ3n) is 5.83. The van der Waals surface area contributed by atoms with E-state index >= 15 is 0 Å². The normalized spacial score (nSPS) is 15.9. The van der Waals surface area contributed by atoms with Crippen LogP contribution in [0.4, 0.5) is 0 Å². The van der Waals surface area contributed by atoms with Crippen molar-refractivity contribution < 1.29 is 17.9 Å². The van der Waals surface area contributed by atoms with E-state index in [0.29, 0.717) is 18.8 Å². The zero-order valence-electron chi connectivity index (χ0n) is 18.8. The molecule has 0 saturated carbocycles. The van der Waals surface area contributed by atoms with Crippen molar-refractivity contribution in [2.75, 3.05) is 20.2 Å². The molecule has 1 fully saturated rings. The van der Waals surface area contributed by atoms with Crippen LogP contribution in [0.25, 0.3) is 0 Å². The molecule has 2 aromatic rings. The van der Waals surface area contributed by atoms with Gasteiger partial charge in [-0.25, -0.2) is 13.1 Å². The molecule has 0 aromatic heterocycles. The second-order valence-electron chi connectivity index (χ2n) is 8.27. The van der Waals surface area contributed by atoms with Gasteiger partial charge >= 0.3 is 0 Å². The molecule has 7 heteroatoms. The van der Waals surface area contributed by atoms with E-state index in [2.05, 4.69) is 4.72 Å². The number of nitrogens with one attached hydrogen (secondary N) is 1. The summed E-state index contributed by atoms with van der Waals surface area (Å²) in [4.78, 5) is 15.0. The first kappa shape index (κ1) is 23.3. The van der Waals surface area contributed by atoms with E-state index in [4.69, 9.17) is 4.74 Å². The predicted octanol–water partition coefficient (Wildman–Crippen LogP) is 4.37. The van der Waals surface area contributed by atoms with Crippen LogP contribution >= 0.6 is 0 Å². The van der Waals surface area contributed by atoms with Gasteiger partial charge in [0.15, 0.2) is 0 Å². The molecule has 1 saturated heterocycles. The molecular weight excluding hydrogens is 412 g/mol. The quantitative estimate of drug-likeness (QED) is 0.718. The van der Waals surface area contributed by atoms with Gasteiger partial charge in [-0.2, -0.15) is 0 Å². The number of amides is 1. The number of ether oxygens (including phenoxy) is 1. The van der Waals surface area contributed by atoms with Gasteiger partial charge in [0.1, 0.15) is 5.75 Å². The number of benzene rings is 2. The molecule has 1 aliphatic rings. The van der Waals surface area contributed by atoms with Gasteiger partial charge < -0.3 is 9.64 Å². The van der Waals surface area contributed by atoms with E-state index < -0.39 is 16.1 Å². The first-order chi connectivity index (χ1) is 14.7. The highest BCUT2D eigenvalue weighted by Crippen LogP contribution is 2.27. The SMILES string of the molecule is COc1ccc(S(=O)(=O)N[C@H](C)c2ccc(C)cc2C)cc1C(=O)N1CCCCCC1. The number of likely N-dealkylation sites (tertiary alicyclic amines) is 1. The van der Waals surface area contributed by atoms with Crippen molar-refractivity contribution in [3.05, 3.63) is 58.7 Å². The van der Waals surface area contributed by atoms with E-state index in [1.165, 1.54) is 19.2 Å². The fourth-order valence-electron chi connectivity index (χ4n) is 4.14. The Bertz CT molecular complexity index is 1040. The Morgan fingerprint density at radius 1 is 1.03 bits per heavy atom. The molecular formula is C24H32N2O4S. The molecule has 1 atom stereocenters. The zero-order valence-corrected chi connectivity index (χ0v) is 19.6. The lowest BCUT2D eigenvalue weighted by Crippen LogP contribution is -2.32. The summed E-state index contributed by atoms with van der Waals surface area (Å²) >= 11 is 0. The van der Waals surface area contributed by atoms with Crippen molar-refractivity contribution in [1.82, 2.24) is 9.62 Å². The Balaban J connectivity index is 1.88. The lowest BCUT2D eigenvalue weighted by Gasteiger charge is -2.22. The maximum atomic E-state index is 13.2. The van der Waals surface area contributed by atoms with E-state index in [1.807, 2.05) is 39.0 Å². The number of sulfonamides is 1. The van der Waals surface area contributed by atoms with Crippen LogP contribution in [0.5, 0.6) is 5.75 Å². The van der Waals surface area contributed by atoms with Crippen molar-refractivity contribution in [3.8, 4) is 5.75 Å². The van der Waals surface area contributed by atoms with Gasteiger partial charge in [0.2, 0.25) is 10.0 Å². The number of carbonyl (C=O) groups excluding carboxylic acids is 1. The number of hydrogen-bond acceptors (Lipinski definition) is 4. The molecule has 1 amide bonds. The molecule has 0 spiro atoms. The minimum Gasteiger partial charge on any atom is -0.496 e. The summed E-state index contributed by atoms with van der Waals surface area (Å²) < 4.78 is 34.4. The summed E-state index contributed by atoms with van der Waals surface area (Å²) in [6.07, 6.45) is 4.13. The molecule has 1 aliphatic heterocycles. The number of methoxy groups -OCH3 is 1. The molecule has 0 aliphatic carbocycles. The Morgan fingerprint density at radius 3 is 2.32 bits per heavy atom. The largest absolute Gasteiger partial charge is 0.496 e. The lowest BCUT2D eigenvalue weighted by atomic mass is 10.0. The molecule has 0 radical (unpaired) electrons. The summed E-state index contributed by atoms with van der Waals surface area (Å²) in [6, 6.07) is 10.0. The third kappa shape index (κ3) is 5.46. The van der Waals surface area contributed by atoms with Crippen LogP contribution < -0.4 is 9.46 Å². The molecule has 0 unspecified atom stereocenters. The van der Waals surface area contributed by atoms with Crippen molar-refractivity contribution in [2.45, 2.75) is 57.4 Å². The number of nitrogens with zero attached hydrogens (tertiary/aromatic N) is 1. The standard InChI is InChI=1S/C24H32N2O4S/c1-17-9-11-21(18(2)15-17)19(3)25-31(28,29)20-10-12-23(30-4)22(16-20)24(27)26-13-7-5-6-8-14-26/h9-12,15-16,19,25H,5-8,13-14H2,1-4H3/t19-/m1/s1. The number of rotatable bonds is 6. The topological polar surface area (TPSA) is 75.7 Å². The van der Waals surface area contributed by atoms with Gasteiger partial charge in [-0.1, -0.05) is 36.6 Å². The second kappa shape index (κ2) is 9.83. The van der Waals surface area contributed by atoms with Crippen molar-refractivity contribution in [1.29, 1.82) is 0 Å². The molecule has 31 heavy (non-hydrogen) atoms. The van der Waals surface area contributed by atoms with Crippen molar-refractivity contribution in [2.24, 2.45) is 0 Å². The maximum absolute atomic E-state index is 13.2. The number of aryl methyl sites for hydroxylation is 2. The number of hydrogen-bond donors (Lipinski definition) is 1. The Morgan fingerprint density at radius 2 is 1.71 bits per heavy atom. The van der Waals surface area contributed by atoms with Crippen LogP contribution in [0.15, 0.2) is 41.3 Å². The Kier molecular flexibility index (Phi) is 7.38. The van der Waals surface area contributed by atoms with Crippen LogP contribution in [0.1, 0.15) is 65.7 Å². The minimum atomic E-state index is -3.83. The van der Waals surface area contributed by atoms with Gasteiger partial charge in [0.25, 0.3) is 5.91 Å². The fourth-order valence-corrected chi connectivity index (χ4v) is 5.39. The van der Waals surface area contributed by atoms with E-state index in [9.17, 15) is 13.2 Å². The second-order valence-corrected chi connectivity index (χ2v) is 9.99. The van der Waals surface area contributed by atoms with E-state index in [-0.39, 0.29) is 16.4 Å². The van der Waals surface area contributed by atoms with E-state index in [0.717, 1.165) is 42.4 Å². The summed E-state index contributed by atoms with van der Waals surface area (Å²) in [5.41, 5.74) is 3.36. The summed E-state index contributed by atoms with van der Waals surface area (Å²) in [5, 5.41) is 0. The average Bonchev–Trinajstić information content (AvgIpc) is 3.01. The molecule has 1 heterocycles. The molecule has 0 bridgehead atoms. The van der Waals surface area contributed by atoms with Gasteiger partial charge in [-0.15, -0.1) is 0 Å². The van der Waals surface area contributed by atoms with E-state index in [1.54, 1.807) is 11.0 Å². The molecule has 168 valence electrons. The van der Waals surface area contributed by atoms with Crippen LogP contribution in [0.2, 0.25) is 0 Å². The monoisotopic (exact) mass is 444 g/mol. The first-order valence-corrected chi connectivity index (χ1v) is 12.3. The third-order valence-corrected chi connectivity index (χ3v) is 7.37. The minimum absolute atomic E-state index is 0.0584. The highest BCUT2D eigenvalue weighted by molar-refractivity contribution is 7.89. The van der Waals surface area contributed by atoms with Crippen LogP contribution in [0, 0.1) is 13.8 Å². The zero-order chi connectivity index (χ0) is 22.6. The summed E-state index contributed by atoms with van der Waals surface area (Å²) in [6.45, 7) is 7.16. The smallest absolute Gasteiger partial charge is 0.257 e. The average molecular weight is 445 g/mol. The van der Waals surface area contributed by atoms with Crippen LogP contribution in [-0.4, -0.2) is 39.4 Å². The highest BCUT2D eigenvalue weighted by atomic mass is 32.2. The Hall–Kier alpha value is -2.38. The number of carbonyl (C=O) groups is 1. The summed E-state index contributed by atoms with van der Waals surface area (Å²) in [7, 11) is -2.34. The van der Waals surface area contributed by atoms with Gasteiger partial charge in [-0.05, 0) is 62.9 Å². The van der Waals surface area contributed by atoms with Gasteiger partial charge in [-0.3, -0.25) is 4.79 Å². The molecule has 1 N–H and O–H groups in total. The maximum Gasteiger partial charge on any atom is 0.257 e. The van der Waals surface area contributed by atoms with Crippen molar-refractivity contribution in [3.63, 3.8) is 0 Å².